The van der Waals surface area contributed by atoms with Gasteiger partial charge in [0.1, 0.15) is 17.6 Å². The molecule has 3 aromatic carbocycles. The van der Waals surface area contributed by atoms with Crippen LogP contribution in [0.5, 0.6) is 0 Å². The number of likely N-dealkylation sites (N-methyl/N-ethyl adjacent to an activating group) is 2. The summed E-state index contributed by atoms with van der Waals surface area (Å²) in [5, 5.41) is 3.11. The number of nitrogens with zero attached hydrogens (tertiary/aromatic N) is 3. The molecule has 1 aliphatic carbocycles. The van der Waals surface area contributed by atoms with Gasteiger partial charge < -0.3 is 24.8 Å². The maximum Gasteiger partial charge on any atom is 0.471 e. The van der Waals surface area contributed by atoms with Crippen LogP contribution in [0.2, 0.25) is 5.02 Å². The predicted octanol–water partition coefficient (Wildman–Crippen LogP) is 10.2. The quantitative estimate of drug-likeness (QED) is 0.113. The van der Waals surface area contributed by atoms with Crippen molar-refractivity contribution in [1.29, 1.82) is 0 Å². The third-order valence-corrected chi connectivity index (χ3v) is 13.8. The Morgan fingerprint density at radius 2 is 1.30 bits per heavy atom. The van der Waals surface area contributed by atoms with Gasteiger partial charge in [-0.15, -0.1) is 0 Å². The second kappa shape index (κ2) is 22.7. The van der Waals surface area contributed by atoms with Gasteiger partial charge in [0.15, 0.2) is 5.60 Å². The molecule has 66 heavy (non-hydrogen) atoms. The van der Waals surface area contributed by atoms with Gasteiger partial charge in [-0.1, -0.05) is 151 Å². The topological polar surface area (TPSA) is 116 Å². The van der Waals surface area contributed by atoms with Crippen LogP contribution in [0.1, 0.15) is 140 Å². The van der Waals surface area contributed by atoms with Gasteiger partial charge in [0.2, 0.25) is 17.7 Å². The largest absolute Gasteiger partial charge is 0.471 e. The number of benzene rings is 3. The van der Waals surface area contributed by atoms with E-state index in [1.165, 1.54) is 45.2 Å². The van der Waals surface area contributed by atoms with E-state index in [9.17, 15) is 37.1 Å². The van der Waals surface area contributed by atoms with Crippen LogP contribution in [-0.2, 0) is 34.3 Å². The van der Waals surface area contributed by atoms with Crippen molar-refractivity contribution in [2.24, 2.45) is 11.8 Å². The molecule has 5 rings (SSSR count). The van der Waals surface area contributed by atoms with Crippen molar-refractivity contribution in [1.82, 2.24) is 20.0 Å². The smallest absolute Gasteiger partial charge is 0.444 e. The van der Waals surface area contributed by atoms with Crippen molar-refractivity contribution in [3.63, 3.8) is 0 Å². The molecule has 1 heterocycles. The fraction of sp³-hybridized carbons (Fsp3) is 0.558. The summed E-state index contributed by atoms with van der Waals surface area (Å²) in [6.45, 7) is 8.81. The van der Waals surface area contributed by atoms with E-state index in [1.807, 2.05) is 48.5 Å². The van der Waals surface area contributed by atoms with E-state index in [2.05, 4.69) is 17.4 Å². The van der Waals surface area contributed by atoms with Crippen LogP contribution in [0.3, 0.4) is 0 Å². The number of esters is 1. The number of carbonyl (C=O) groups is 5. The molecule has 3 aromatic rings. The molecule has 2 fully saturated rings. The number of halogens is 4. The Hall–Kier alpha value is -4.91. The van der Waals surface area contributed by atoms with Crippen molar-refractivity contribution >= 4 is 41.2 Å². The van der Waals surface area contributed by atoms with E-state index < -0.39 is 71.3 Å². The van der Waals surface area contributed by atoms with E-state index in [0.29, 0.717) is 45.6 Å². The molecule has 360 valence electrons. The zero-order valence-electron chi connectivity index (χ0n) is 39.6. The van der Waals surface area contributed by atoms with Crippen molar-refractivity contribution in [2.45, 2.75) is 147 Å². The van der Waals surface area contributed by atoms with Gasteiger partial charge in [-0.05, 0) is 68.4 Å². The van der Waals surface area contributed by atoms with Crippen LogP contribution < -0.4 is 5.32 Å². The van der Waals surface area contributed by atoms with E-state index in [0.717, 1.165) is 50.5 Å². The van der Waals surface area contributed by atoms with Crippen LogP contribution in [0.15, 0.2) is 78.9 Å². The number of amides is 4. The Balaban J connectivity index is 1.53. The lowest BCUT2D eigenvalue weighted by molar-refractivity contribution is -0.192. The molecule has 10 nitrogen and oxygen atoms in total. The van der Waals surface area contributed by atoms with Gasteiger partial charge >= 0.3 is 18.1 Å². The van der Waals surface area contributed by atoms with E-state index in [-0.39, 0.29) is 12.3 Å². The SMILES string of the molecule is CC(C)C[C@@](C)(C(=O)N(C)[C@H](C(=O)N[C@@H](CC(=O)OC(c1ccccc1)(c1ccc(C2CCCCCCCC2)cc1)c1ccccc1Cl)C(=O)N1CCCC1)C(C)C)N(C)C(=O)C(F)(F)F. The Morgan fingerprint density at radius 1 is 0.758 bits per heavy atom. The average Bonchev–Trinajstić information content (AvgIpc) is 3.86. The minimum atomic E-state index is -5.25. The van der Waals surface area contributed by atoms with Crippen molar-refractivity contribution < 1.29 is 41.9 Å². The fourth-order valence-corrected chi connectivity index (χ4v) is 10.3. The van der Waals surface area contributed by atoms with Crippen LogP contribution in [0.25, 0.3) is 0 Å². The highest BCUT2D eigenvalue weighted by Crippen LogP contribution is 2.45. The number of hydrogen-bond donors (Lipinski definition) is 1. The van der Waals surface area contributed by atoms with E-state index in [1.54, 1.807) is 50.8 Å². The van der Waals surface area contributed by atoms with Crippen molar-refractivity contribution in [2.75, 3.05) is 27.2 Å². The van der Waals surface area contributed by atoms with Crippen LogP contribution in [-0.4, -0.2) is 95.3 Å². The number of rotatable bonds is 16. The van der Waals surface area contributed by atoms with Crippen LogP contribution >= 0.6 is 11.6 Å². The van der Waals surface area contributed by atoms with Gasteiger partial charge in [0.05, 0.1) is 6.42 Å². The predicted molar refractivity (Wildman–Crippen MR) is 250 cm³/mol. The maximum atomic E-state index is 14.8. The Morgan fingerprint density at radius 3 is 1.85 bits per heavy atom. The third kappa shape index (κ3) is 12.2. The highest BCUT2D eigenvalue weighted by Gasteiger charge is 2.52. The summed E-state index contributed by atoms with van der Waals surface area (Å²) in [4.78, 5) is 73.8. The summed E-state index contributed by atoms with van der Waals surface area (Å²) in [5.74, 6) is -5.78. The van der Waals surface area contributed by atoms with Gasteiger partial charge in [-0.25, -0.2) is 0 Å². The highest BCUT2D eigenvalue weighted by atomic mass is 35.5. The molecule has 0 bridgehead atoms. The molecule has 0 radical (unpaired) electrons. The first-order valence-corrected chi connectivity index (χ1v) is 23.9. The average molecular weight is 938 g/mol. The number of carbonyl (C=O) groups excluding carboxylic acids is 5. The lowest BCUT2D eigenvalue weighted by atomic mass is 9.78. The summed E-state index contributed by atoms with van der Waals surface area (Å²) in [5.41, 5.74) is -0.667. The van der Waals surface area contributed by atoms with Crippen LogP contribution in [0.4, 0.5) is 13.2 Å². The Kier molecular flexibility index (Phi) is 17.9. The van der Waals surface area contributed by atoms with Gasteiger partial charge in [0, 0.05) is 48.9 Å². The number of alkyl halides is 3. The molecule has 14 heteroatoms. The molecule has 1 N–H and O–H groups in total. The van der Waals surface area contributed by atoms with Crippen LogP contribution in [0, 0.1) is 11.8 Å². The molecule has 0 spiro atoms. The lowest BCUT2D eigenvalue weighted by Gasteiger charge is -2.43. The first-order valence-electron chi connectivity index (χ1n) is 23.6. The molecule has 2 aliphatic rings. The second-order valence-corrected chi connectivity index (χ2v) is 19.6. The standard InChI is InChI=1S/C52H68ClF3N4O6/c1-35(2)34-50(5,59(7)49(65)52(54,55)56)48(64)58(6)45(36(3)4)46(62)57-43(47(63)60-31-19-20-32-60)33-44(61)66-51(39-23-15-12-16-24-39,41-25-17-18-26-42(41)53)40-29-27-38(28-30-40)37-21-13-10-8-9-11-14-22-37/h12,15-18,23-30,35-37,43,45H,8-11,13-14,19-22,31-34H2,1-7H3,(H,57,62)/t43-,45-,50-,51?/m0/s1. The molecule has 1 aliphatic heterocycles. The first-order chi connectivity index (χ1) is 31.2. The van der Waals surface area contributed by atoms with E-state index >= 15 is 0 Å². The Bertz CT molecular complexity index is 2120. The van der Waals surface area contributed by atoms with Gasteiger partial charge in [-0.2, -0.15) is 13.2 Å². The van der Waals surface area contributed by atoms with E-state index in [4.69, 9.17) is 16.3 Å². The fourth-order valence-electron chi connectivity index (χ4n) is 10.0. The highest BCUT2D eigenvalue weighted by molar-refractivity contribution is 6.31. The molecule has 0 aromatic heterocycles. The molecule has 1 saturated heterocycles. The molecule has 1 unspecified atom stereocenters. The number of nitrogens with one attached hydrogen (secondary N) is 1. The zero-order valence-corrected chi connectivity index (χ0v) is 40.4. The maximum absolute atomic E-state index is 14.8. The molecule has 4 atom stereocenters. The lowest BCUT2D eigenvalue weighted by Crippen LogP contribution is -2.64. The van der Waals surface area contributed by atoms with Crippen molar-refractivity contribution in [3.05, 3.63) is 106 Å². The number of hydrogen-bond acceptors (Lipinski definition) is 6. The van der Waals surface area contributed by atoms with Gasteiger partial charge in [-0.3, -0.25) is 24.0 Å². The minimum absolute atomic E-state index is 0.138. The zero-order chi connectivity index (χ0) is 48.4. The molecular weight excluding hydrogens is 869 g/mol. The Labute approximate surface area is 393 Å². The second-order valence-electron chi connectivity index (χ2n) is 19.2. The molecular formula is C52H68ClF3N4O6. The summed E-state index contributed by atoms with van der Waals surface area (Å²) >= 11 is 7.02. The first kappa shape index (κ1) is 52.1. The normalized spacial score (nSPS) is 17.9. The number of likely N-dealkylation sites (tertiary alicyclic amines) is 1. The summed E-state index contributed by atoms with van der Waals surface area (Å²) < 4.78 is 48.1. The molecule has 4 amide bonds. The van der Waals surface area contributed by atoms with Crippen molar-refractivity contribution in [3.8, 4) is 0 Å². The molecule has 1 saturated carbocycles. The summed E-state index contributed by atoms with van der Waals surface area (Å²) in [6, 6.07) is 21.8. The minimum Gasteiger partial charge on any atom is -0.444 e. The monoisotopic (exact) mass is 936 g/mol. The van der Waals surface area contributed by atoms with Gasteiger partial charge in [0.25, 0.3) is 0 Å². The summed E-state index contributed by atoms with van der Waals surface area (Å²) in [6.07, 6.45) is 4.90. The third-order valence-electron chi connectivity index (χ3n) is 13.4. The summed E-state index contributed by atoms with van der Waals surface area (Å²) in [7, 11) is 2.22. The number of ether oxygens (including phenoxy) is 1.